The fraction of sp³-hybridized carbons (Fsp3) is 0.588. The molecule has 2 N–H and O–H groups in total. The Balaban J connectivity index is 2.22. The largest absolute Gasteiger partial charge is 0.465 e. The molecule has 1 atom stereocenters. The molecule has 1 aliphatic heterocycles. The third-order valence-corrected chi connectivity index (χ3v) is 4.53. The summed E-state index contributed by atoms with van der Waals surface area (Å²) >= 11 is 0. The lowest BCUT2D eigenvalue weighted by molar-refractivity contribution is -0.152. The Bertz CT molecular complexity index is 453. The first kappa shape index (κ1) is 16.0. The predicted octanol–water partition coefficient (Wildman–Crippen LogP) is 2.28. The second kappa shape index (κ2) is 7.05. The molecule has 0 radical (unpaired) electrons. The molecule has 0 saturated carbocycles. The molecule has 0 bridgehead atoms. The molecule has 0 amide bonds. The minimum Gasteiger partial charge on any atom is -0.465 e. The van der Waals surface area contributed by atoms with E-state index in [1.54, 1.807) is 0 Å². The molecule has 0 spiro atoms. The van der Waals surface area contributed by atoms with Gasteiger partial charge in [-0.25, -0.2) is 0 Å². The van der Waals surface area contributed by atoms with Crippen LogP contribution in [0.5, 0.6) is 0 Å². The van der Waals surface area contributed by atoms with Crippen LogP contribution in [0.25, 0.3) is 0 Å². The Morgan fingerprint density at radius 3 is 2.43 bits per heavy atom. The lowest BCUT2D eigenvalue weighted by Gasteiger charge is -2.42. The van der Waals surface area contributed by atoms with Gasteiger partial charge in [0.25, 0.3) is 0 Å². The molecule has 1 heterocycles. The number of nitrogens with two attached hydrogens (primary N) is 1. The van der Waals surface area contributed by atoms with Crippen molar-refractivity contribution in [1.29, 1.82) is 0 Å². The number of rotatable bonds is 5. The Morgan fingerprint density at radius 1 is 1.29 bits per heavy atom. The highest BCUT2D eigenvalue weighted by Crippen LogP contribution is 2.37. The molecule has 2 rings (SSSR count). The molecule has 116 valence electrons. The van der Waals surface area contributed by atoms with E-state index < -0.39 is 5.41 Å². The summed E-state index contributed by atoms with van der Waals surface area (Å²) < 4.78 is 5.37. The van der Waals surface area contributed by atoms with Gasteiger partial charge in [-0.3, -0.25) is 9.69 Å². The molecule has 21 heavy (non-hydrogen) atoms. The van der Waals surface area contributed by atoms with Crippen LogP contribution in [-0.2, 0) is 14.9 Å². The zero-order chi connectivity index (χ0) is 15.3. The number of benzene rings is 1. The number of likely N-dealkylation sites (tertiary alicyclic amines) is 1. The van der Waals surface area contributed by atoms with Gasteiger partial charge in [-0.1, -0.05) is 37.3 Å². The van der Waals surface area contributed by atoms with E-state index in [1.165, 1.54) is 0 Å². The van der Waals surface area contributed by atoms with Crippen molar-refractivity contribution in [2.75, 3.05) is 19.7 Å². The maximum absolute atomic E-state index is 12.6. The lowest BCUT2D eigenvalue weighted by Crippen LogP contribution is -2.53. The van der Waals surface area contributed by atoms with E-state index in [9.17, 15) is 4.79 Å². The summed E-state index contributed by atoms with van der Waals surface area (Å²) in [6.45, 7) is 6.05. The van der Waals surface area contributed by atoms with E-state index in [0.717, 1.165) is 37.9 Å². The molecular formula is C17H26N2O2. The number of hydrogen-bond donors (Lipinski definition) is 1. The Hall–Kier alpha value is -1.39. The van der Waals surface area contributed by atoms with E-state index >= 15 is 0 Å². The van der Waals surface area contributed by atoms with Crippen molar-refractivity contribution < 1.29 is 9.53 Å². The van der Waals surface area contributed by atoms with Gasteiger partial charge >= 0.3 is 5.97 Å². The zero-order valence-corrected chi connectivity index (χ0v) is 13.0. The van der Waals surface area contributed by atoms with Gasteiger partial charge in [0.2, 0.25) is 0 Å². The van der Waals surface area contributed by atoms with Gasteiger partial charge in [0.1, 0.15) is 0 Å². The van der Waals surface area contributed by atoms with Crippen LogP contribution in [-0.4, -0.2) is 36.7 Å². The van der Waals surface area contributed by atoms with Crippen LogP contribution >= 0.6 is 0 Å². The highest BCUT2D eigenvalue weighted by Gasteiger charge is 2.44. The van der Waals surface area contributed by atoms with Gasteiger partial charge in [-0.15, -0.1) is 0 Å². The highest BCUT2D eigenvalue weighted by atomic mass is 16.5. The van der Waals surface area contributed by atoms with Gasteiger partial charge in [0.05, 0.1) is 18.2 Å². The SMILES string of the molecule is CCOC(=O)C1(c2ccccc2)CCN(C(N)CC)CC1. The minimum absolute atomic E-state index is 0.0842. The summed E-state index contributed by atoms with van der Waals surface area (Å²) in [7, 11) is 0. The Kier molecular flexibility index (Phi) is 5.37. The van der Waals surface area contributed by atoms with Crippen LogP contribution in [0.2, 0.25) is 0 Å². The summed E-state index contributed by atoms with van der Waals surface area (Å²) in [6, 6.07) is 10.0. The maximum Gasteiger partial charge on any atom is 0.316 e. The molecular weight excluding hydrogens is 264 g/mol. The van der Waals surface area contributed by atoms with Gasteiger partial charge in [0, 0.05) is 13.1 Å². The van der Waals surface area contributed by atoms with Crippen molar-refractivity contribution in [1.82, 2.24) is 4.90 Å². The second-order valence-electron chi connectivity index (χ2n) is 5.68. The van der Waals surface area contributed by atoms with Crippen molar-refractivity contribution in [3.8, 4) is 0 Å². The molecule has 1 unspecified atom stereocenters. The first-order chi connectivity index (χ1) is 10.1. The number of ether oxygens (including phenoxy) is 1. The van der Waals surface area contributed by atoms with Crippen molar-refractivity contribution in [3.63, 3.8) is 0 Å². The fourth-order valence-corrected chi connectivity index (χ4v) is 3.13. The van der Waals surface area contributed by atoms with E-state index in [1.807, 2.05) is 37.3 Å². The topological polar surface area (TPSA) is 55.6 Å². The Morgan fingerprint density at radius 2 is 1.90 bits per heavy atom. The number of carbonyl (C=O) groups excluding carboxylic acids is 1. The van der Waals surface area contributed by atoms with Gasteiger partial charge in [0.15, 0.2) is 0 Å². The van der Waals surface area contributed by atoms with Crippen molar-refractivity contribution in [2.45, 2.75) is 44.7 Å². The zero-order valence-electron chi connectivity index (χ0n) is 13.0. The normalized spacial score (nSPS) is 20.0. The standard InChI is InChI=1S/C17H26N2O2/c1-3-15(18)19-12-10-17(11-13-19,16(20)21-4-2)14-8-6-5-7-9-14/h5-9,15H,3-4,10-13,18H2,1-2H3. The Labute approximate surface area is 127 Å². The van der Waals surface area contributed by atoms with E-state index in [2.05, 4.69) is 11.8 Å². The molecule has 1 aromatic rings. The quantitative estimate of drug-likeness (QED) is 0.845. The van der Waals surface area contributed by atoms with Crippen LogP contribution in [0.4, 0.5) is 0 Å². The fourth-order valence-electron chi connectivity index (χ4n) is 3.13. The van der Waals surface area contributed by atoms with Gasteiger partial charge in [-0.2, -0.15) is 0 Å². The second-order valence-corrected chi connectivity index (χ2v) is 5.68. The van der Waals surface area contributed by atoms with Gasteiger partial charge < -0.3 is 10.5 Å². The van der Waals surface area contributed by atoms with Crippen LogP contribution in [0.15, 0.2) is 30.3 Å². The molecule has 4 nitrogen and oxygen atoms in total. The maximum atomic E-state index is 12.6. The predicted molar refractivity (Wildman–Crippen MR) is 83.8 cm³/mol. The van der Waals surface area contributed by atoms with Crippen LogP contribution in [0, 0.1) is 0 Å². The van der Waals surface area contributed by atoms with E-state index in [-0.39, 0.29) is 12.1 Å². The smallest absolute Gasteiger partial charge is 0.316 e. The van der Waals surface area contributed by atoms with Crippen molar-refractivity contribution >= 4 is 5.97 Å². The first-order valence-electron chi connectivity index (χ1n) is 7.86. The summed E-state index contributed by atoms with van der Waals surface area (Å²) in [4.78, 5) is 14.9. The van der Waals surface area contributed by atoms with Crippen LogP contribution in [0.1, 0.15) is 38.7 Å². The minimum atomic E-state index is -0.513. The average molecular weight is 290 g/mol. The molecule has 1 aromatic carbocycles. The van der Waals surface area contributed by atoms with E-state index in [4.69, 9.17) is 10.5 Å². The molecule has 1 saturated heterocycles. The third kappa shape index (κ3) is 3.27. The van der Waals surface area contributed by atoms with Crippen molar-refractivity contribution in [2.24, 2.45) is 5.73 Å². The summed E-state index contributed by atoms with van der Waals surface area (Å²) in [5.74, 6) is -0.0964. The first-order valence-corrected chi connectivity index (χ1v) is 7.86. The van der Waals surface area contributed by atoms with Gasteiger partial charge in [-0.05, 0) is 31.7 Å². The third-order valence-electron chi connectivity index (χ3n) is 4.53. The van der Waals surface area contributed by atoms with Crippen molar-refractivity contribution in [3.05, 3.63) is 35.9 Å². The summed E-state index contributed by atoms with van der Waals surface area (Å²) in [5.41, 5.74) is 6.67. The summed E-state index contributed by atoms with van der Waals surface area (Å²) in [6.07, 6.45) is 2.55. The van der Waals surface area contributed by atoms with Crippen LogP contribution < -0.4 is 5.73 Å². The summed E-state index contributed by atoms with van der Waals surface area (Å²) in [5, 5.41) is 0. The average Bonchev–Trinajstić information content (AvgIpc) is 2.55. The molecule has 4 heteroatoms. The number of carbonyl (C=O) groups is 1. The number of nitrogens with zero attached hydrogens (tertiary/aromatic N) is 1. The molecule has 0 aromatic heterocycles. The lowest BCUT2D eigenvalue weighted by atomic mass is 9.72. The molecule has 1 aliphatic rings. The molecule has 0 aliphatic carbocycles. The number of piperidine rings is 1. The highest BCUT2D eigenvalue weighted by molar-refractivity contribution is 5.83. The van der Waals surface area contributed by atoms with E-state index in [0.29, 0.717) is 6.61 Å². The monoisotopic (exact) mass is 290 g/mol. The number of esters is 1. The molecule has 1 fully saturated rings. The van der Waals surface area contributed by atoms with Crippen LogP contribution in [0.3, 0.4) is 0 Å². The number of hydrogen-bond acceptors (Lipinski definition) is 4.